The number of hydrogen-bond acceptors (Lipinski definition) is 2. The number of nitriles is 1. The van der Waals surface area contributed by atoms with E-state index in [-0.39, 0.29) is 6.04 Å². The zero-order valence-corrected chi connectivity index (χ0v) is 8.76. The molecule has 0 bridgehead atoms. The summed E-state index contributed by atoms with van der Waals surface area (Å²) in [6.07, 6.45) is 6.50. The van der Waals surface area contributed by atoms with E-state index < -0.39 is 0 Å². The van der Waals surface area contributed by atoms with E-state index in [1.54, 1.807) is 0 Å². The lowest BCUT2D eigenvalue weighted by Crippen LogP contribution is -2.06. The van der Waals surface area contributed by atoms with Crippen molar-refractivity contribution >= 4 is 0 Å². The van der Waals surface area contributed by atoms with Gasteiger partial charge in [-0.15, -0.1) is 0 Å². The summed E-state index contributed by atoms with van der Waals surface area (Å²) < 4.78 is 0. The minimum atomic E-state index is -0.0340. The summed E-state index contributed by atoms with van der Waals surface area (Å²) in [6.45, 7) is 0. The maximum absolute atomic E-state index is 8.35. The summed E-state index contributed by atoms with van der Waals surface area (Å²) >= 11 is 0. The maximum atomic E-state index is 8.35. The number of unbranched alkanes of at least 4 members (excludes halogenated alkanes) is 2. The first-order valence-corrected chi connectivity index (χ1v) is 5.18. The van der Waals surface area contributed by atoms with E-state index in [2.05, 4.69) is 12.1 Å². The monoisotopic (exact) mass is 200 g/mol. The third-order valence-electron chi connectivity index (χ3n) is 2.19. The topological polar surface area (TPSA) is 49.8 Å². The van der Waals surface area contributed by atoms with Gasteiger partial charge in [0, 0.05) is 12.5 Å². The molecule has 0 radical (unpaired) electrons. The van der Waals surface area contributed by atoms with Crippen molar-refractivity contribution in [3.05, 3.63) is 48.0 Å². The number of rotatable bonds is 5. The predicted octanol–water partition coefficient (Wildman–Crippen LogP) is 2.94. The van der Waals surface area contributed by atoms with Gasteiger partial charge in [0.05, 0.1) is 6.07 Å². The fourth-order valence-electron chi connectivity index (χ4n) is 1.33. The van der Waals surface area contributed by atoms with E-state index in [4.69, 9.17) is 11.0 Å². The normalized spacial score (nSPS) is 12.5. The van der Waals surface area contributed by atoms with Crippen LogP contribution in [0.2, 0.25) is 0 Å². The summed E-state index contributed by atoms with van der Waals surface area (Å²) in [4.78, 5) is 0. The Labute approximate surface area is 91.0 Å². The number of benzene rings is 1. The van der Waals surface area contributed by atoms with E-state index >= 15 is 0 Å². The second-order valence-corrected chi connectivity index (χ2v) is 3.41. The van der Waals surface area contributed by atoms with Crippen molar-refractivity contribution in [2.24, 2.45) is 5.73 Å². The molecule has 1 atom stereocenters. The highest BCUT2D eigenvalue weighted by atomic mass is 14.6. The number of nitrogens with two attached hydrogens (primary N) is 1. The van der Waals surface area contributed by atoms with E-state index in [0.29, 0.717) is 6.42 Å². The molecule has 0 heterocycles. The van der Waals surface area contributed by atoms with Crippen LogP contribution in [-0.4, -0.2) is 0 Å². The van der Waals surface area contributed by atoms with Crippen LogP contribution in [0.15, 0.2) is 42.5 Å². The highest BCUT2D eigenvalue weighted by Crippen LogP contribution is 2.11. The summed E-state index contributed by atoms with van der Waals surface area (Å²) in [6, 6.07) is 12.1. The quantitative estimate of drug-likeness (QED) is 0.587. The SMILES string of the molecule is N#CCCC/C=C/C(N)c1ccccc1. The highest BCUT2D eigenvalue weighted by molar-refractivity contribution is 5.22. The zero-order chi connectivity index (χ0) is 10.9. The third kappa shape index (κ3) is 4.44. The van der Waals surface area contributed by atoms with Gasteiger partial charge in [0.15, 0.2) is 0 Å². The van der Waals surface area contributed by atoms with Crippen LogP contribution < -0.4 is 5.73 Å². The summed E-state index contributed by atoms with van der Waals surface area (Å²) in [5.41, 5.74) is 7.08. The first-order valence-electron chi connectivity index (χ1n) is 5.18. The average molecular weight is 200 g/mol. The van der Waals surface area contributed by atoms with Gasteiger partial charge in [-0.05, 0) is 18.4 Å². The van der Waals surface area contributed by atoms with Gasteiger partial charge in [0.25, 0.3) is 0 Å². The van der Waals surface area contributed by atoms with Gasteiger partial charge < -0.3 is 5.73 Å². The average Bonchev–Trinajstić information content (AvgIpc) is 2.30. The van der Waals surface area contributed by atoms with Crippen LogP contribution in [0.25, 0.3) is 0 Å². The minimum Gasteiger partial charge on any atom is -0.321 e. The predicted molar refractivity (Wildman–Crippen MR) is 62.0 cm³/mol. The smallest absolute Gasteiger partial charge is 0.0621 e. The van der Waals surface area contributed by atoms with Crippen LogP contribution in [-0.2, 0) is 0 Å². The Kier molecular flexibility index (Phi) is 5.21. The first kappa shape index (κ1) is 11.5. The summed E-state index contributed by atoms with van der Waals surface area (Å²) in [5, 5.41) is 8.35. The van der Waals surface area contributed by atoms with Crippen LogP contribution in [0.1, 0.15) is 30.9 Å². The van der Waals surface area contributed by atoms with Crippen molar-refractivity contribution < 1.29 is 0 Å². The highest BCUT2D eigenvalue weighted by Gasteiger charge is 1.98. The Morgan fingerprint density at radius 1 is 1.33 bits per heavy atom. The Morgan fingerprint density at radius 3 is 2.73 bits per heavy atom. The standard InChI is InChI=1S/C13H16N2/c14-11-7-2-1-6-10-13(15)12-8-4-3-5-9-12/h3-6,8-10,13H,1-2,7,15H2/b10-6+. The van der Waals surface area contributed by atoms with Gasteiger partial charge in [-0.2, -0.15) is 5.26 Å². The lowest BCUT2D eigenvalue weighted by Gasteiger charge is -2.05. The molecule has 2 heteroatoms. The van der Waals surface area contributed by atoms with Gasteiger partial charge in [-0.3, -0.25) is 0 Å². The van der Waals surface area contributed by atoms with Crippen LogP contribution in [0.5, 0.6) is 0 Å². The molecule has 0 amide bonds. The van der Waals surface area contributed by atoms with Crippen LogP contribution in [0, 0.1) is 11.3 Å². The molecule has 2 nitrogen and oxygen atoms in total. The Bertz CT molecular complexity index is 335. The summed E-state index contributed by atoms with van der Waals surface area (Å²) in [7, 11) is 0. The second kappa shape index (κ2) is 6.80. The largest absolute Gasteiger partial charge is 0.321 e. The molecule has 0 aliphatic carbocycles. The summed E-state index contributed by atoms with van der Waals surface area (Å²) in [5.74, 6) is 0. The zero-order valence-electron chi connectivity index (χ0n) is 8.76. The molecule has 0 fully saturated rings. The number of nitrogens with zero attached hydrogens (tertiary/aromatic N) is 1. The van der Waals surface area contributed by atoms with E-state index in [1.807, 2.05) is 36.4 Å². The molecular weight excluding hydrogens is 184 g/mol. The fourth-order valence-corrected chi connectivity index (χ4v) is 1.33. The van der Waals surface area contributed by atoms with Crippen molar-refractivity contribution in [3.8, 4) is 6.07 Å². The molecule has 0 aliphatic rings. The number of allylic oxidation sites excluding steroid dienone is 1. The molecule has 2 N–H and O–H groups in total. The van der Waals surface area contributed by atoms with Crippen molar-refractivity contribution in [1.29, 1.82) is 5.26 Å². The molecule has 1 unspecified atom stereocenters. The lowest BCUT2D eigenvalue weighted by atomic mass is 10.1. The lowest BCUT2D eigenvalue weighted by molar-refractivity contribution is 0.853. The van der Waals surface area contributed by atoms with E-state index in [9.17, 15) is 0 Å². The van der Waals surface area contributed by atoms with Gasteiger partial charge in [-0.25, -0.2) is 0 Å². The Morgan fingerprint density at radius 2 is 2.07 bits per heavy atom. The molecule has 0 aliphatic heterocycles. The molecule has 78 valence electrons. The molecular formula is C13H16N2. The fraction of sp³-hybridized carbons (Fsp3) is 0.308. The van der Waals surface area contributed by atoms with Crippen LogP contribution >= 0.6 is 0 Å². The second-order valence-electron chi connectivity index (χ2n) is 3.41. The van der Waals surface area contributed by atoms with Gasteiger partial charge >= 0.3 is 0 Å². The van der Waals surface area contributed by atoms with Gasteiger partial charge in [0.2, 0.25) is 0 Å². The molecule has 1 aromatic rings. The van der Waals surface area contributed by atoms with Crippen LogP contribution in [0.3, 0.4) is 0 Å². The third-order valence-corrected chi connectivity index (χ3v) is 2.19. The van der Waals surface area contributed by atoms with Crippen LogP contribution in [0.4, 0.5) is 0 Å². The molecule has 0 aromatic heterocycles. The first-order chi connectivity index (χ1) is 7.34. The van der Waals surface area contributed by atoms with E-state index in [0.717, 1.165) is 18.4 Å². The maximum Gasteiger partial charge on any atom is 0.0621 e. The van der Waals surface area contributed by atoms with Gasteiger partial charge in [0.1, 0.15) is 0 Å². The van der Waals surface area contributed by atoms with E-state index in [1.165, 1.54) is 0 Å². The Hall–Kier alpha value is -1.59. The molecule has 0 saturated carbocycles. The molecule has 1 aromatic carbocycles. The minimum absolute atomic E-state index is 0.0340. The molecule has 1 rings (SSSR count). The molecule has 15 heavy (non-hydrogen) atoms. The van der Waals surface area contributed by atoms with Gasteiger partial charge in [-0.1, -0.05) is 42.5 Å². The number of hydrogen-bond donors (Lipinski definition) is 1. The van der Waals surface area contributed by atoms with Crippen molar-refractivity contribution in [2.75, 3.05) is 0 Å². The molecule has 0 saturated heterocycles. The molecule has 0 spiro atoms. The van der Waals surface area contributed by atoms with Crippen molar-refractivity contribution in [3.63, 3.8) is 0 Å². The van der Waals surface area contributed by atoms with Crippen molar-refractivity contribution in [2.45, 2.75) is 25.3 Å². The van der Waals surface area contributed by atoms with Crippen molar-refractivity contribution in [1.82, 2.24) is 0 Å². The Balaban J connectivity index is 2.36.